The number of halogens is 2. The van der Waals surface area contributed by atoms with E-state index in [4.69, 9.17) is 23.2 Å². The molecule has 4 amide bonds. The van der Waals surface area contributed by atoms with Crippen molar-refractivity contribution >= 4 is 89.9 Å². The number of unbranched alkanes of at least 4 members (excludes halogenated alkanes) is 2. The number of benzene rings is 5. The highest BCUT2D eigenvalue weighted by molar-refractivity contribution is 6.50. The summed E-state index contributed by atoms with van der Waals surface area (Å²) >= 11 is 14.2. The van der Waals surface area contributed by atoms with Crippen molar-refractivity contribution in [3.8, 4) is 0 Å². The lowest BCUT2D eigenvalue weighted by Crippen LogP contribution is -2.43. The van der Waals surface area contributed by atoms with Gasteiger partial charge in [0.15, 0.2) is 0 Å². The van der Waals surface area contributed by atoms with E-state index in [1.807, 2.05) is 12.1 Å². The number of nitrogens with zero attached hydrogens (tertiary/aromatic N) is 2. The number of hydrogen-bond acceptors (Lipinski definition) is 4. The molecule has 6 nitrogen and oxygen atoms in total. The Morgan fingerprint density at radius 2 is 0.896 bits per heavy atom. The van der Waals surface area contributed by atoms with Gasteiger partial charge in [0.2, 0.25) is 0 Å². The molecule has 0 bridgehead atoms. The molecule has 0 spiro atoms. The van der Waals surface area contributed by atoms with Gasteiger partial charge in [0, 0.05) is 66.6 Å². The van der Waals surface area contributed by atoms with E-state index in [9.17, 15) is 19.2 Å². The minimum Gasteiger partial charge on any atom is -0.274 e. The molecule has 0 saturated carbocycles. The number of fused-ring (bicyclic) bond motifs is 2. The van der Waals surface area contributed by atoms with Gasteiger partial charge in [-0.3, -0.25) is 29.0 Å². The number of carbonyl (C=O) groups is 4. The average Bonchev–Trinajstić information content (AvgIpc) is 3.09. The highest BCUT2D eigenvalue weighted by Gasteiger charge is 2.39. The van der Waals surface area contributed by atoms with Crippen LogP contribution >= 0.6 is 23.2 Å². The van der Waals surface area contributed by atoms with Gasteiger partial charge in [-0.05, 0) is 59.7 Å². The van der Waals surface area contributed by atoms with Crippen molar-refractivity contribution in [3.05, 3.63) is 68.7 Å². The minimum absolute atomic E-state index is 0.221. The van der Waals surface area contributed by atoms with E-state index in [1.165, 1.54) is 9.80 Å². The summed E-state index contributed by atoms with van der Waals surface area (Å²) < 4.78 is 0. The quantitative estimate of drug-likeness (QED) is 0.0745. The second-order valence-electron chi connectivity index (χ2n) is 13.7. The van der Waals surface area contributed by atoms with Crippen molar-refractivity contribution in [3.63, 3.8) is 0 Å². The summed E-state index contributed by atoms with van der Waals surface area (Å²) in [6.45, 7) is 9.21. The summed E-state index contributed by atoms with van der Waals surface area (Å²) in [5.41, 5.74) is 1.73. The molecule has 2 aliphatic heterocycles. The van der Waals surface area contributed by atoms with Crippen LogP contribution < -0.4 is 0 Å². The van der Waals surface area contributed by atoms with Crippen molar-refractivity contribution in [2.45, 2.75) is 79.1 Å². The first-order chi connectivity index (χ1) is 23.2. The van der Waals surface area contributed by atoms with E-state index >= 15 is 0 Å². The Hall–Kier alpha value is -3.74. The summed E-state index contributed by atoms with van der Waals surface area (Å²) in [6, 6.07) is 10.7. The van der Waals surface area contributed by atoms with Crippen LogP contribution in [0.2, 0.25) is 10.0 Å². The first-order valence-electron chi connectivity index (χ1n) is 17.5. The molecule has 0 aliphatic carbocycles. The summed E-state index contributed by atoms with van der Waals surface area (Å²) in [5.74, 6) is -0.834. The second-order valence-corrected chi connectivity index (χ2v) is 14.5. The normalized spacial score (nSPS) is 16.0. The van der Waals surface area contributed by atoms with Crippen molar-refractivity contribution in [2.24, 2.45) is 11.8 Å². The molecule has 2 heterocycles. The third kappa shape index (κ3) is 4.81. The predicted octanol–water partition coefficient (Wildman–Crippen LogP) is 10.7. The third-order valence-corrected chi connectivity index (χ3v) is 11.5. The van der Waals surface area contributed by atoms with Gasteiger partial charge in [0.25, 0.3) is 23.6 Å². The first kappa shape index (κ1) is 32.8. The van der Waals surface area contributed by atoms with Gasteiger partial charge in [0.05, 0.1) is 11.1 Å². The number of imide groups is 2. The van der Waals surface area contributed by atoms with Crippen LogP contribution in [-0.2, 0) is 0 Å². The molecule has 5 aromatic rings. The summed E-state index contributed by atoms with van der Waals surface area (Å²) in [5, 5.41) is 6.10. The Bertz CT molecular complexity index is 2020. The fourth-order valence-corrected chi connectivity index (χ4v) is 8.76. The molecule has 0 saturated heterocycles. The van der Waals surface area contributed by atoms with E-state index in [1.54, 1.807) is 24.3 Å². The fourth-order valence-electron chi connectivity index (χ4n) is 8.15. The Morgan fingerprint density at radius 1 is 0.521 bits per heavy atom. The molecular weight excluding hydrogens is 643 g/mol. The predicted molar refractivity (Wildman–Crippen MR) is 195 cm³/mol. The SMILES string of the molecule is CCCCC(CC)CN1C(=O)c2ccc3c4c(Cl)cc5c6c(ccc(c7c(Cl)cc(c2c37)C1=O)c64)C(=O)N(CC(CC)CCCC)C5=O. The van der Waals surface area contributed by atoms with Crippen molar-refractivity contribution in [2.75, 3.05) is 13.1 Å². The van der Waals surface area contributed by atoms with E-state index < -0.39 is 0 Å². The smallest absolute Gasteiger partial charge is 0.261 e. The second kappa shape index (κ2) is 12.6. The zero-order valence-electron chi connectivity index (χ0n) is 28.0. The van der Waals surface area contributed by atoms with Crippen LogP contribution in [0, 0.1) is 11.8 Å². The molecular formula is C40H40Cl2N2O4. The van der Waals surface area contributed by atoms with Crippen LogP contribution in [0.4, 0.5) is 0 Å². The zero-order chi connectivity index (χ0) is 34.0. The standard InChI is InChI=1S/C40H40Cl2N2O4/c1-5-9-11-21(7-3)19-43-37(45)25-15-13-23-34-30(42)18-28-32-26(38(46)44(40(28)48)20-22(8-4)12-10-6-2)16-14-24(36(32)34)33-29(41)17-27(39(43)47)31(25)35(23)33/h13-18,21-22H,5-12,19-20H2,1-4H3. The molecule has 8 heteroatoms. The molecule has 2 aliphatic rings. The molecule has 0 aromatic heterocycles. The molecule has 5 aromatic carbocycles. The maximum absolute atomic E-state index is 14.1. The van der Waals surface area contributed by atoms with E-state index in [2.05, 4.69) is 27.7 Å². The monoisotopic (exact) mass is 682 g/mol. The Kier molecular flexibility index (Phi) is 8.62. The number of carbonyl (C=O) groups excluding carboxylic acids is 4. The van der Waals surface area contributed by atoms with Gasteiger partial charge in [0.1, 0.15) is 0 Å². The van der Waals surface area contributed by atoms with Crippen molar-refractivity contribution in [1.82, 2.24) is 9.80 Å². The minimum atomic E-state index is -0.337. The van der Waals surface area contributed by atoms with Crippen LogP contribution in [-0.4, -0.2) is 46.5 Å². The van der Waals surface area contributed by atoms with Crippen LogP contribution in [0.3, 0.4) is 0 Å². The van der Waals surface area contributed by atoms with Gasteiger partial charge in [-0.2, -0.15) is 0 Å². The number of rotatable bonds is 12. The van der Waals surface area contributed by atoms with E-state index in [0.717, 1.165) is 62.1 Å². The number of amides is 4. The third-order valence-electron chi connectivity index (χ3n) is 10.9. The van der Waals surface area contributed by atoms with E-state index in [0.29, 0.717) is 77.7 Å². The Morgan fingerprint density at radius 3 is 1.25 bits per heavy atom. The van der Waals surface area contributed by atoms with Gasteiger partial charge < -0.3 is 0 Å². The lowest BCUT2D eigenvalue weighted by molar-refractivity contribution is 0.0565. The molecule has 2 unspecified atom stereocenters. The van der Waals surface area contributed by atoms with Crippen LogP contribution in [0.15, 0.2) is 36.4 Å². The van der Waals surface area contributed by atoms with Crippen molar-refractivity contribution in [1.29, 1.82) is 0 Å². The highest BCUT2D eigenvalue weighted by Crippen LogP contribution is 2.50. The molecule has 0 N–H and O–H groups in total. The van der Waals surface area contributed by atoms with Crippen LogP contribution in [0.1, 0.15) is 120 Å². The van der Waals surface area contributed by atoms with Gasteiger partial charge in [-0.25, -0.2) is 0 Å². The average molecular weight is 684 g/mol. The molecule has 0 fully saturated rings. The molecule has 248 valence electrons. The van der Waals surface area contributed by atoms with Gasteiger partial charge in [-0.15, -0.1) is 0 Å². The lowest BCUT2D eigenvalue weighted by atomic mass is 9.82. The Labute approximate surface area is 290 Å². The number of hydrogen-bond donors (Lipinski definition) is 0. The molecule has 0 radical (unpaired) electrons. The topological polar surface area (TPSA) is 74.8 Å². The Balaban J connectivity index is 1.44. The molecule has 2 atom stereocenters. The van der Waals surface area contributed by atoms with Gasteiger partial charge in [-0.1, -0.05) is 102 Å². The van der Waals surface area contributed by atoms with Gasteiger partial charge >= 0.3 is 0 Å². The lowest BCUT2D eigenvalue weighted by Gasteiger charge is -2.32. The highest BCUT2D eigenvalue weighted by atomic mass is 35.5. The summed E-state index contributed by atoms with van der Waals surface area (Å²) in [6.07, 6.45) is 7.86. The maximum atomic E-state index is 14.1. The van der Waals surface area contributed by atoms with Crippen LogP contribution in [0.5, 0.6) is 0 Å². The fraction of sp³-hybridized carbons (Fsp3) is 0.400. The zero-order valence-corrected chi connectivity index (χ0v) is 29.5. The first-order valence-corrected chi connectivity index (χ1v) is 18.2. The van der Waals surface area contributed by atoms with Crippen LogP contribution in [0.25, 0.3) is 43.1 Å². The van der Waals surface area contributed by atoms with E-state index in [-0.39, 0.29) is 35.5 Å². The molecule has 7 rings (SSSR count). The largest absolute Gasteiger partial charge is 0.274 e. The van der Waals surface area contributed by atoms with Crippen molar-refractivity contribution < 1.29 is 19.2 Å². The molecule has 48 heavy (non-hydrogen) atoms. The maximum Gasteiger partial charge on any atom is 0.261 e. The summed E-state index contributed by atoms with van der Waals surface area (Å²) in [7, 11) is 0. The summed E-state index contributed by atoms with van der Waals surface area (Å²) in [4.78, 5) is 58.9.